The standard InChI is InChI=1S/C18H12N3.C13H24O2.Ir/c1-12-6-4-11-16-17(12)19-18(21-20-16)15-10-5-8-13-7-2-3-9-14(13)15;1-5-10(6-2)12(14)9-13(15)11(7-3)8-4;/h2-9,11H,1H3;9-11,14H,5-8H2,1-4H3;/q-1;;. The third-order valence-electron chi connectivity index (χ3n) is 6.71. The van der Waals surface area contributed by atoms with Crippen LogP contribution in [0.3, 0.4) is 0 Å². The molecule has 0 spiro atoms. The van der Waals surface area contributed by atoms with Crippen molar-refractivity contribution < 1.29 is 30.0 Å². The van der Waals surface area contributed by atoms with E-state index in [0.717, 1.165) is 58.6 Å². The predicted octanol–water partition coefficient (Wildman–Crippen LogP) is 7.82. The Morgan fingerprint density at radius 3 is 2.27 bits per heavy atom. The summed E-state index contributed by atoms with van der Waals surface area (Å²) in [6.45, 7) is 10.1. The van der Waals surface area contributed by atoms with Gasteiger partial charge in [0.05, 0.1) is 17.1 Å². The quantitative estimate of drug-likeness (QED) is 0.117. The Morgan fingerprint density at radius 1 is 0.919 bits per heavy atom. The Hall–Kier alpha value is -2.95. The van der Waals surface area contributed by atoms with E-state index in [-0.39, 0.29) is 43.5 Å². The zero-order valence-corrected chi connectivity index (χ0v) is 24.7. The zero-order valence-electron chi connectivity index (χ0n) is 22.3. The van der Waals surface area contributed by atoms with Crippen molar-refractivity contribution in [3.05, 3.63) is 78.1 Å². The van der Waals surface area contributed by atoms with E-state index in [2.05, 4.69) is 28.4 Å². The molecule has 197 valence electrons. The zero-order chi connectivity index (χ0) is 26.1. The minimum Gasteiger partial charge on any atom is -0.512 e. The van der Waals surface area contributed by atoms with Crippen LogP contribution in [0.25, 0.3) is 33.2 Å². The molecule has 0 aliphatic heterocycles. The van der Waals surface area contributed by atoms with E-state index in [1.807, 2.05) is 77.1 Å². The largest absolute Gasteiger partial charge is 0.512 e. The molecule has 0 amide bonds. The maximum Gasteiger partial charge on any atom is 0.162 e. The van der Waals surface area contributed by atoms with Gasteiger partial charge in [-0.2, -0.15) is 10.2 Å². The van der Waals surface area contributed by atoms with Crippen molar-refractivity contribution in [1.29, 1.82) is 0 Å². The second-order valence-electron chi connectivity index (χ2n) is 9.02. The van der Waals surface area contributed by atoms with Gasteiger partial charge in [-0.25, -0.2) is 0 Å². The summed E-state index contributed by atoms with van der Waals surface area (Å²) in [5, 5.41) is 20.6. The number of aliphatic hydroxyl groups is 1. The summed E-state index contributed by atoms with van der Waals surface area (Å²) in [5.41, 5.74) is 3.71. The first-order valence-electron chi connectivity index (χ1n) is 12.9. The monoisotopic (exact) mass is 675 g/mol. The molecule has 3 aromatic carbocycles. The minimum atomic E-state index is 0. The van der Waals surface area contributed by atoms with Crippen LogP contribution >= 0.6 is 0 Å². The van der Waals surface area contributed by atoms with Gasteiger partial charge in [-0.3, -0.25) is 9.78 Å². The summed E-state index contributed by atoms with van der Waals surface area (Å²) < 4.78 is 0. The van der Waals surface area contributed by atoms with Crippen LogP contribution in [0, 0.1) is 24.8 Å². The van der Waals surface area contributed by atoms with Gasteiger partial charge in [0, 0.05) is 38.0 Å². The summed E-state index contributed by atoms with van der Waals surface area (Å²) in [7, 11) is 0. The van der Waals surface area contributed by atoms with Crippen molar-refractivity contribution >= 4 is 27.6 Å². The van der Waals surface area contributed by atoms with E-state index < -0.39 is 0 Å². The first kappa shape index (κ1) is 30.3. The molecule has 0 unspecified atom stereocenters. The number of benzene rings is 3. The van der Waals surface area contributed by atoms with Crippen molar-refractivity contribution in [1.82, 2.24) is 15.2 Å². The van der Waals surface area contributed by atoms with Gasteiger partial charge in [-0.05, 0) is 44.2 Å². The second kappa shape index (κ2) is 14.7. The molecule has 4 aromatic rings. The van der Waals surface area contributed by atoms with Crippen LogP contribution in [0.4, 0.5) is 0 Å². The fraction of sp³-hybridized carbons (Fsp3) is 0.355. The number of aromatic nitrogens is 3. The smallest absolute Gasteiger partial charge is 0.162 e. The summed E-state index contributed by atoms with van der Waals surface area (Å²) in [4.78, 5) is 16.4. The van der Waals surface area contributed by atoms with Crippen molar-refractivity contribution in [2.24, 2.45) is 11.8 Å². The van der Waals surface area contributed by atoms with Crippen molar-refractivity contribution in [3.8, 4) is 11.4 Å². The van der Waals surface area contributed by atoms with Gasteiger partial charge >= 0.3 is 0 Å². The summed E-state index contributed by atoms with van der Waals surface area (Å²) in [6, 6.07) is 21.3. The van der Waals surface area contributed by atoms with Gasteiger partial charge < -0.3 is 5.11 Å². The molecular weight excluding hydrogens is 639 g/mol. The molecule has 0 bridgehead atoms. The van der Waals surface area contributed by atoms with Crippen LogP contribution in [0.5, 0.6) is 0 Å². The summed E-state index contributed by atoms with van der Waals surface area (Å²) in [5.74, 6) is 1.17. The number of ketones is 1. The summed E-state index contributed by atoms with van der Waals surface area (Å²) in [6.07, 6.45) is 4.91. The average molecular weight is 675 g/mol. The molecule has 0 fully saturated rings. The van der Waals surface area contributed by atoms with Crippen molar-refractivity contribution in [3.63, 3.8) is 0 Å². The normalized spacial score (nSPS) is 11.4. The number of rotatable bonds is 8. The molecule has 4 rings (SSSR count). The number of carbonyl (C=O) groups excluding carboxylic acids is 1. The third kappa shape index (κ3) is 7.53. The van der Waals surface area contributed by atoms with E-state index in [9.17, 15) is 9.90 Å². The Bertz CT molecular complexity index is 1340. The molecule has 1 N–H and O–H groups in total. The summed E-state index contributed by atoms with van der Waals surface area (Å²) >= 11 is 0. The topological polar surface area (TPSA) is 76.0 Å². The predicted molar refractivity (Wildman–Crippen MR) is 148 cm³/mol. The Morgan fingerprint density at radius 2 is 1.59 bits per heavy atom. The Balaban J connectivity index is 0.000000271. The first-order chi connectivity index (χ1) is 17.4. The van der Waals surface area contributed by atoms with E-state index in [1.54, 1.807) is 0 Å². The Kier molecular flexibility index (Phi) is 12.0. The van der Waals surface area contributed by atoms with Crippen molar-refractivity contribution in [2.45, 2.75) is 60.3 Å². The second-order valence-corrected chi connectivity index (χ2v) is 9.02. The number of carbonyl (C=O) groups is 1. The minimum absolute atomic E-state index is 0. The SMILES string of the molecule is CCC(CC)C(=O)C=C(O)C(CC)CC.Cc1cccc2nnc(-c3[c-]ccc4ccccc34)nc12.[Ir]. The number of para-hydroxylation sites is 1. The maximum absolute atomic E-state index is 11.7. The molecule has 0 aliphatic carbocycles. The number of aryl methyl sites for hydroxylation is 1. The fourth-order valence-corrected chi connectivity index (χ4v) is 4.33. The molecule has 0 saturated heterocycles. The molecular formula is C31H36IrN3O2-. The molecule has 37 heavy (non-hydrogen) atoms. The van der Waals surface area contributed by atoms with E-state index in [4.69, 9.17) is 4.98 Å². The van der Waals surface area contributed by atoms with E-state index in [1.165, 1.54) is 6.08 Å². The molecule has 6 heteroatoms. The van der Waals surface area contributed by atoms with Crippen LogP contribution < -0.4 is 0 Å². The molecule has 1 radical (unpaired) electrons. The van der Waals surface area contributed by atoms with Crippen molar-refractivity contribution in [2.75, 3.05) is 0 Å². The fourth-order valence-electron chi connectivity index (χ4n) is 4.33. The number of aliphatic hydroxyl groups excluding tert-OH is 1. The van der Waals surface area contributed by atoms with Crippen LogP contribution in [0.15, 0.2) is 66.4 Å². The first-order valence-corrected chi connectivity index (χ1v) is 12.9. The number of hydrogen-bond donors (Lipinski definition) is 1. The van der Waals surface area contributed by atoms with Gasteiger partial charge in [0.1, 0.15) is 5.52 Å². The number of hydrogen-bond acceptors (Lipinski definition) is 5. The van der Waals surface area contributed by atoms with Crippen LogP contribution in [-0.2, 0) is 24.9 Å². The molecule has 0 aliphatic rings. The maximum atomic E-state index is 11.7. The van der Waals surface area contributed by atoms with Gasteiger partial charge in [0.2, 0.25) is 0 Å². The molecule has 0 atom stereocenters. The van der Waals surface area contributed by atoms with Crippen LogP contribution in [0.2, 0.25) is 0 Å². The van der Waals surface area contributed by atoms with Gasteiger partial charge in [-0.15, -0.1) is 23.6 Å². The Labute approximate surface area is 233 Å². The molecule has 1 heterocycles. The molecule has 0 saturated carbocycles. The van der Waals surface area contributed by atoms with Gasteiger partial charge in [0.25, 0.3) is 0 Å². The van der Waals surface area contributed by atoms with Crippen LogP contribution in [-0.4, -0.2) is 26.1 Å². The molecule has 1 aromatic heterocycles. The number of nitrogens with zero attached hydrogens (tertiary/aromatic N) is 3. The van der Waals surface area contributed by atoms with E-state index >= 15 is 0 Å². The third-order valence-corrected chi connectivity index (χ3v) is 6.71. The number of allylic oxidation sites excluding steroid dienone is 2. The van der Waals surface area contributed by atoms with Crippen LogP contribution in [0.1, 0.15) is 58.9 Å². The van der Waals surface area contributed by atoms with Gasteiger partial charge in [-0.1, -0.05) is 75.0 Å². The number of fused-ring (bicyclic) bond motifs is 2. The van der Waals surface area contributed by atoms with E-state index in [0.29, 0.717) is 5.82 Å². The molecule has 5 nitrogen and oxygen atoms in total. The van der Waals surface area contributed by atoms with Gasteiger partial charge in [0.15, 0.2) is 5.78 Å². The average Bonchev–Trinajstić information content (AvgIpc) is 2.90.